The maximum atomic E-state index is 13.4. The second-order valence-corrected chi connectivity index (χ2v) is 8.37. The van der Waals surface area contributed by atoms with Crippen LogP contribution in [0.4, 0.5) is 8.78 Å². The van der Waals surface area contributed by atoms with Crippen molar-refractivity contribution in [2.24, 2.45) is 17.3 Å². The highest BCUT2D eigenvalue weighted by atomic mass is 31.0. The van der Waals surface area contributed by atoms with Gasteiger partial charge in [-0.15, -0.1) is 9.24 Å². The Labute approximate surface area is 144 Å². The summed E-state index contributed by atoms with van der Waals surface area (Å²) in [4.78, 5) is 1.07. The highest BCUT2D eigenvalue weighted by molar-refractivity contribution is 7.19. The summed E-state index contributed by atoms with van der Waals surface area (Å²) in [6, 6.07) is 0. The number of rotatable bonds is 4. The van der Waals surface area contributed by atoms with Gasteiger partial charge in [0.25, 0.3) is 5.92 Å². The van der Waals surface area contributed by atoms with Gasteiger partial charge >= 0.3 is 0 Å². The van der Waals surface area contributed by atoms with Gasteiger partial charge in [0.2, 0.25) is 5.91 Å². The fraction of sp³-hybridized carbons (Fsp3) is 1.00. The van der Waals surface area contributed by atoms with E-state index in [1.54, 1.807) is 13.8 Å². The molecule has 1 aliphatic heterocycles. The van der Waals surface area contributed by atoms with Crippen molar-refractivity contribution < 1.29 is 29.2 Å². The van der Waals surface area contributed by atoms with Gasteiger partial charge in [-0.1, -0.05) is 27.7 Å². The van der Waals surface area contributed by atoms with E-state index >= 15 is 0 Å². The van der Waals surface area contributed by atoms with Gasteiger partial charge in [0, 0.05) is 18.9 Å². The molecule has 3 unspecified atom stereocenters. The molecule has 8 heteroatoms. The number of likely N-dealkylation sites (tertiary alicyclic amines) is 1. The van der Waals surface area contributed by atoms with E-state index in [9.17, 15) is 29.2 Å². The van der Waals surface area contributed by atoms with Gasteiger partial charge in [-0.05, 0) is 24.7 Å². The van der Waals surface area contributed by atoms with E-state index in [2.05, 4.69) is 9.24 Å². The molecular formula is C16H30F2NO4P. The number of hydrogen-bond donors (Lipinski definition) is 4. The lowest BCUT2D eigenvalue weighted by atomic mass is 9.82. The molecule has 0 aromatic carbocycles. The van der Waals surface area contributed by atoms with Crippen LogP contribution in [0.25, 0.3) is 0 Å². The average molecular weight is 369 g/mol. The summed E-state index contributed by atoms with van der Waals surface area (Å²) in [6.45, 7) is 7.36. The Kier molecular flexibility index (Phi) is 4.93. The fourth-order valence-electron chi connectivity index (χ4n) is 4.04. The molecule has 2 saturated carbocycles. The van der Waals surface area contributed by atoms with Crippen LogP contribution in [-0.4, -0.2) is 54.8 Å². The van der Waals surface area contributed by atoms with E-state index in [0.717, 1.165) is 4.90 Å². The first kappa shape index (κ1) is 20.4. The van der Waals surface area contributed by atoms with E-state index in [1.807, 2.05) is 13.8 Å². The Bertz CT molecular complexity index is 496. The third-order valence-electron chi connectivity index (χ3n) is 5.96. The molecule has 0 aromatic heterocycles. The lowest BCUT2D eigenvalue weighted by molar-refractivity contribution is -0.343. The van der Waals surface area contributed by atoms with Crippen molar-refractivity contribution in [2.45, 2.75) is 76.3 Å². The molecule has 4 N–H and O–H groups in total. The molecule has 3 fully saturated rings. The van der Waals surface area contributed by atoms with Crippen LogP contribution in [0.5, 0.6) is 0 Å². The smallest absolute Gasteiger partial charge is 0.258 e. The number of halogens is 2. The summed E-state index contributed by atoms with van der Waals surface area (Å²) in [6.07, 6.45) is 1.34. The van der Waals surface area contributed by atoms with Gasteiger partial charge in [0.15, 0.2) is 5.79 Å². The quantitative estimate of drug-likeness (QED) is 0.448. The monoisotopic (exact) mass is 369 g/mol. The molecule has 1 heterocycles. The number of nitrogens with zero attached hydrogens (tertiary/aromatic N) is 1. The summed E-state index contributed by atoms with van der Waals surface area (Å²) in [5, 5.41) is 40.7. The van der Waals surface area contributed by atoms with Crippen molar-refractivity contribution in [3.63, 3.8) is 0 Å². The van der Waals surface area contributed by atoms with Gasteiger partial charge in [-0.3, -0.25) is 0 Å². The molecule has 3 aliphatic rings. The minimum absolute atomic E-state index is 0.138. The minimum atomic E-state index is -3.13. The zero-order valence-electron chi connectivity index (χ0n) is 14.8. The molecule has 0 amide bonds. The first-order chi connectivity index (χ1) is 10.8. The lowest BCUT2D eigenvalue weighted by Gasteiger charge is -2.53. The van der Waals surface area contributed by atoms with E-state index in [4.69, 9.17) is 0 Å². The van der Waals surface area contributed by atoms with Gasteiger partial charge < -0.3 is 20.4 Å². The number of aliphatic hydroxyl groups is 4. The molecule has 0 aromatic rings. The van der Waals surface area contributed by atoms with Crippen molar-refractivity contribution in [2.75, 3.05) is 6.54 Å². The first-order valence-corrected chi connectivity index (χ1v) is 9.25. The molecule has 1 saturated heterocycles. The lowest BCUT2D eigenvalue weighted by Crippen LogP contribution is -2.70. The van der Waals surface area contributed by atoms with Crippen LogP contribution in [0, 0.1) is 17.3 Å². The van der Waals surface area contributed by atoms with E-state index in [0.29, 0.717) is 19.3 Å². The van der Waals surface area contributed by atoms with Crippen molar-refractivity contribution in [1.82, 2.24) is 4.90 Å². The van der Waals surface area contributed by atoms with Crippen LogP contribution in [-0.2, 0) is 0 Å². The summed E-state index contributed by atoms with van der Waals surface area (Å²) in [7, 11) is 2.36. The van der Waals surface area contributed by atoms with E-state index < -0.39 is 46.6 Å². The van der Waals surface area contributed by atoms with Crippen molar-refractivity contribution in [3.05, 3.63) is 0 Å². The van der Waals surface area contributed by atoms with Crippen LogP contribution in [0.15, 0.2) is 0 Å². The molecule has 3 rings (SSSR count). The Morgan fingerprint density at radius 2 is 1.54 bits per heavy atom. The molecular weight excluding hydrogens is 339 g/mol. The molecule has 2 aliphatic carbocycles. The summed E-state index contributed by atoms with van der Waals surface area (Å²) < 4.78 is 26.8. The van der Waals surface area contributed by atoms with E-state index in [1.165, 1.54) is 0 Å². The van der Waals surface area contributed by atoms with Crippen LogP contribution in [0.3, 0.4) is 0 Å². The van der Waals surface area contributed by atoms with Crippen LogP contribution in [0.1, 0.15) is 53.4 Å². The van der Waals surface area contributed by atoms with E-state index in [-0.39, 0.29) is 6.54 Å². The van der Waals surface area contributed by atoms with Crippen molar-refractivity contribution in [1.29, 1.82) is 0 Å². The topological polar surface area (TPSA) is 84.2 Å². The summed E-state index contributed by atoms with van der Waals surface area (Å²) in [5.74, 6) is -10.3. The van der Waals surface area contributed by atoms with Crippen LogP contribution < -0.4 is 0 Å². The van der Waals surface area contributed by atoms with Crippen molar-refractivity contribution in [3.8, 4) is 0 Å². The Balaban J connectivity index is 0.00000100. The predicted octanol–water partition coefficient (Wildman–Crippen LogP) is 1.70. The molecule has 0 bridgehead atoms. The van der Waals surface area contributed by atoms with Gasteiger partial charge in [-0.2, -0.15) is 0 Å². The van der Waals surface area contributed by atoms with Gasteiger partial charge in [0.05, 0.1) is 11.2 Å². The molecule has 1 spiro atoms. The van der Waals surface area contributed by atoms with Gasteiger partial charge in [-0.25, -0.2) is 13.7 Å². The third kappa shape index (κ3) is 2.55. The molecule has 142 valence electrons. The molecule has 5 nitrogen and oxygen atoms in total. The summed E-state index contributed by atoms with van der Waals surface area (Å²) >= 11 is 0. The highest BCUT2D eigenvalue weighted by Gasteiger charge is 2.78. The SMILES string of the molecule is CC.CC(C)C(O)(O)C1(P)N(C(O)(O)C2CC2(F)F)CCC12CC2. The average Bonchev–Trinajstić information content (AvgIpc) is 3.35. The number of alkyl halides is 2. The van der Waals surface area contributed by atoms with Gasteiger partial charge in [0.1, 0.15) is 0 Å². The predicted molar refractivity (Wildman–Crippen MR) is 89.0 cm³/mol. The molecule has 3 atom stereocenters. The largest absolute Gasteiger partial charge is 0.364 e. The standard InChI is InChI=1S/C14H24F2NO4P.C2H6/c1-8(2)12(18,19)14(22)10(3-4-10)5-6-17(14)13(20,21)9-7-11(9,15)16;1-2/h8-9,18-21H,3-7,22H2,1-2H3;1-2H3. The minimum Gasteiger partial charge on any atom is -0.364 e. The maximum absolute atomic E-state index is 13.4. The second kappa shape index (κ2) is 5.80. The highest BCUT2D eigenvalue weighted by Crippen LogP contribution is 2.71. The fourth-order valence-corrected chi connectivity index (χ4v) is 5.12. The van der Waals surface area contributed by atoms with Crippen LogP contribution >= 0.6 is 9.24 Å². The molecule has 0 radical (unpaired) electrons. The zero-order chi connectivity index (χ0) is 18.8. The maximum Gasteiger partial charge on any atom is 0.258 e. The Hall–Kier alpha value is 0.0900. The Morgan fingerprint density at radius 3 is 1.88 bits per heavy atom. The second-order valence-electron chi connectivity index (χ2n) is 7.53. The summed E-state index contributed by atoms with van der Waals surface area (Å²) in [5.41, 5.74) is -0.494. The normalized spacial score (nSPS) is 34.2. The Morgan fingerprint density at radius 1 is 1.08 bits per heavy atom. The third-order valence-corrected chi connectivity index (χ3v) is 7.31. The zero-order valence-corrected chi connectivity index (χ0v) is 15.9. The van der Waals surface area contributed by atoms with Crippen molar-refractivity contribution >= 4 is 9.24 Å². The molecule has 24 heavy (non-hydrogen) atoms. The number of hydrogen-bond acceptors (Lipinski definition) is 5. The first-order valence-electron chi connectivity index (χ1n) is 8.67. The van der Waals surface area contributed by atoms with Crippen LogP contribution in [0.2, 0.25) is 0 Å².